The third-order valence-corrected chi connectivity index (χ3v) is 9.65. The average Bonchev–Trinajstić information content (AvgIpc) is 3.56. The third-order valence-electron chi connectivity index (χ3n) is 9.65. The Morgan fingerprint density at radius 2 is 0.904 bits per heavy atom. The quantitative estimate of drug-likeness (QED) is 0.151. The van der Waals surface area contributed by atoms with Gasteiger partial charge in [-0.2, -0.15) is 0 Å². The van der Waals surface area contributed by atoms with Crippen LogP contribution in [0.15, 0.2) is 200 Å². The van der Waals surface area contributed by atoms with E-state index in [9.17, 15) is 4.79 Å². The zero-order chi connectivity index (χ0) is 34.9. The Labute approximate surface area is 302 Å². The molecule has 4 heteroatoms. The van der Waals surface area contributed by atoms with Gasteiger partial charge in [0.05, 0.1) is 17.4 Å². The summed E-state index contributed by atoms with van der Waals surface area (Å²) in [6.07, 6.45) is 1.97. The first-order valence-corrected chi connectivity index (χ1v) is 17.4. The highest BCUT2D eigenvalue weighted by Crippen LogP contribution is 2.38. The lowest BCUT2D eigenvalue weighted by molar-refractivity contribution is 0.103. The van der Waals surface area contributed by atoms with E-state index < -0.39 is 0 Å². The summed E-state index contributed by atoms with van der Waals surface area (Å²) in [5, 5.41) is 2.26. The number of para-hydroxylation sites is 3. The molecule has 246 valence electrons. The van der Waals surface area contributed by atoms with Crippen molar-refractivity contribution in [2.45, 2.75) is 0 Å². The molecule has 0 spiro atoms. The van der Waals surface area contributed by atoms with Gasteiger partial charge in [-0.25, -0.2) is 4.98 Å². The number of nitrogens with zero attached hydrogens (tertiary/aromatic N) is 3. The smallest absolute Gasteiger partial charge is 0.193 e. The lowest BCUT2D eigenvalue weighted by Crippen LogP contribution is -2.10. The summed E-state index contributed by atoms with van der Waals surface area (Å²) in [5.74, 6) is 0.0325. The number of hydrogen-bond acceptors (Lipinski definition) is 3. The largest absolute Gasteiger partial charge is 0.309 e. The van der Waals surface area contributed by atoms with Crippen molar-refractivity contribution in [1.29, 1.82) is 0 Å². The molecule has 0 aliphatic heterocycles. The molecule has 0 bridgehead atoms. The standard InChI is InChI=1S/C48H33N3O/c52-47(38-12-4-1-5-13-38)39-26-24-36(25-27-39)34-20-22-35(23-21-34)37-28-30-42(31-29-37)51-46-19-11-10-18-44(46)45-32-43(33-49-48(45)51)50(40-14-6-2-7-15-40)41-16-8-3-9-17-41/h1-33H. The fourth-order valence-electron chi connectivity index (χ4n) is 7.05. The van der Waals surface area contributed by atoms with Crippen LogP contribution in [-0.2, 0) is 0 Å². The number of carbonyl (C=O) groups is 1. The SMILES string of the molecule is O=C(c1ccccc1)c1ccc(-c2ccc(-c3ccc(-n4c5ccccc5c5cc(N(c6ccccc6)c6ccccc6)cnc54)cc3)cc2)cc1. The van der Waals surface area contributed by atoms with Crippen LogP contribution < -0.4 is 4.90 Å². The lowest BCUT2D eigenvalue weighted by Gasteiger charge is -2.25. The Balaban J connectivity index is 1.02. The normalized spacial score (nSPS) is 11.2. The van der Waals surface area contributed by atoms with Crippen molar-refractivity contribution in [3.05, 3.63) is 211 Å². The van der Waals surface area contributed by atoms with E-state index in [0.717, 1.165) is 66.9 Å². The molecular weight excluding hydrogens is 635 g/mol. The maximum Gasteiger partial charge on any atom is 0.193 e. The first-order chi connectivity index (χ1) is 25.7. The number of carbonyl (C=O) groups excluding carboxylic acids is 1. The summed E-state index contributed by atoms with van der Waals surface area (Å²) in [7, 11) is 0. The molecule has 7 aromatic carbocycles. The molecule has 0 radical (unpaired) electrons. The van der Waals surface area contributed by atoms with Gasteiger partial charge in [0.25, 0.3) is 0 Å². The topological polar surface area (TPSA) is 38.1 Å². The predicted octanol–water partition coefficient (Wildman–Crippen LogP) is 12.2. The molecule has 2 heterocycles. The van der Waals surface area contributed by atoms with Crippen molar-refractivity contribution >= 4 is 44.8 Å². The molecule has 0 N–H and O–H groups in total. The fraction of sp³-hybridized carbons (Fsp3) is 0. The molecule has 0 fully saturated rings. The minimum absolute atomic E-state index is 0.0325. The van der Waals surface area contributed by atoms with Gasteiger partial charge in [0, 0.05) is 39.0 Å². The number of benzene rings is 7. The van der Waals surface area contributed by atoms with Crippen LogP contribution in [-0.4, -0.2) is 15.3 Å². The maximum absolute atomic E-state index is 12.9. The summed E-state index contributed by atoms with van der Waals surface area (Å²) in [6, 6.07) is 66.2. The summed E-state index contributed by atoms with van der Waals surface area (Å²) in [4.78, 5) is 20.2. The number of pyridine rings is 1. The van der Waals surface area contributed by atoms with E-state index in [1.165, 1.54) is 0 Å². The second-order valence-corrected chi connectivity index (χ2v) is 12.8. The molecule has 2 aromatic heterocycles. The molecule has 9 aromatic rings. The molecule has 0 unspecified atom stereocenters. The van der Waals surface area contributed by atoms with Gasteiger partial charge in [0.2, 0.25) is 0 Å². The van der Waals surface area contributed by atoms with Gasteiger partial charge in [-0.05, 0) is 70.8 Å². The third kappa shape index (κ3) is 5.72. The molecule has 0 saturated carbocycles. The van der Waals surface area contributed by atoms with Gasteiger partial charge in [-0.1, -0.05) is 146 Å². The summed E-state index contributed by atoms with van der Waals surface area (Å²) in [5.41, 5.74) is 12.1. The molecule has 0 amide bonds. The monoisotopic (exact) mass is 667 g/mol. The van der Waals surface area contributed by atoms with E-state index in [1.807, 2.05) is 72.9 Å². The molecular formula is C48H33N3O. The molecule has 0 aliphatic carbocycles. The minimum atomic E-state index is 0.0325. The molecule has 0 atom stereocenters. The van der Waals surface area contributed by atoms with Crippen LogP contribution >= 0.6 is 0 Å². The second kappa shape index (κ2) is 13.3. The number of ketones is 1. The second-order valence-electron chi connectivity index (χ2n) is 12.8. The molecule has 0 aliphatic rings. The molecule has 0 saturated heterocycles. The van der Waals surface area contributed by atoms with E-state index in [-0.39, 0.29) is 5.78 Å². The minimum Gasteiger partial charge on any atom is -0.309 e. The number of anilines is 3. The van der Waals surface area contributed by atoms with Crippen LogP contribution in [0.4, 0.5) is 17.1 Å². The van der Waals surface area contributed by atoms with Crippen LogP contribution in [0.25, 0.3) is 49.9 Å². The van der Waals surface area contributed by atoms with Crippen molar-refractivity contribution in [1.82, 2.24) is 9.55 Å². The van der Waals surface area contributed by atoms with Gasteiger partial charge in [0.1, 0.15) is 5.65 Å². The molecule has 4 nitrogen and oxygen atoms in total. The lowest BCUT2D eigenvalue weighted by atomic mass is 9.97. The molecule has 52 heavy (non-hydrogen) atoms. The van der Waals surface area contributed by atoms with Crippen LogP contribution in [0.1, 0.15) is 15.9 Å². The van der Waals surface area contributed by atoms with Crippen molar-refractivity contribution < 1.29 is 4.79 Å². The fourth-order valence-corrected chi connectivity index (χ4v) is 7.05. The van der Waals surface area contributed by atoms with E-state index in [4.69, 9.17) is 4.98 Å². The first-order valence-electron chi connectivity index (χ1n) is 17.4. The van der Waals surface area contributed by atoms with Crippen molar-refractivity contribution in [2.75, 3.05) is 4.90 Å². The predicted molar refractivity (Wildman–Crippen MR) is 214 cm³/mol. The average molecular weight is 668 g/mol. The van der Waals surface area contributed by atoms with Crippen LogP contribution in [0.5, 0.6) is 0 Å². The van der Waals surface area contributed by atoms with Crippen molar-refractivity contribution in [3.8, 4) is 27.9 Å². The van der Waals surface area contributed by atoms with E-state index in [2.05, 4.69) is 137 Å². The number of hydrogen-bond donors (Lipinski definition) is 0. The highest BCUT2D eigenvalue weighted by Gasteiger charge is 2.18. The van der Waals surface area contributed by atoms with Crippen LogP contribution in [0.2, 0.25) is 0 Å². The summed E-state index contributed by atoms with van der Waals surface area (Å²) >= 11 is 0. The van der Waals surface area contributed by atoms with Crippen molar-refractivity contribution in [2.24, 2.45) is 0 Å². The number of fused-ring (bicyclic) bond motifs is 3. The van der Waals surface area contributed by atoms with Gasteiger partial charge >= 0.3 is 0 Å². The van der Waals surface area contributed by atoms with Gasteiger partial charge in [-0.15, -0.1) is 0 Å². The Morgan fingerprint density at radius 3 is 1.48 bits per heavy atom. The summed E-state index contributed by atoms with van der Waals surface area (Å²) in [6.45, 7) is 0. The number of rotatable bonds is 8. The zero-order valence-corrected chi connectivity index (χ0v) is 28.3. The van der Waals surface area contributed by atoms with E-state index >= 15 is 0 Å². The Kier molecular flexibility index (Phi) is 7.95. The van der Waals surface area contributed by atoms with E-state index in [1.54, 1.807) is 0 Å². The van der Waals surface area contributed by atoms with E-state index in [0.29, 0.717) is 11.1 Å². The molecule has 9 rings (SSSR count). The zero-order valence-electron chi connectivity index (χ0n) is 28.3. The Bertz CT molecular complexity index is 2610. The number of aromatic nitrogens is 2. The van der Waals surface area contributed by atoms with Gasteiger partial charge in [0.15, 0.2) is 5.78 Å². The highest BCUT2D eigenvalue weighted by molar-refractivity contribution is 6.10. The van der Waals surface area contributed by atoms with Crippen LogP contribution in [0.3, 0.4) is 0 Å². The van der Waals surface area contributed by atoms with Crippen molar-refractivity contribution in [3.63, 3.8) is 0 Å². The van der Waals surface area contributed by atoms with Gasteiger partial charge in [-0.3, -0.25) is 9.36 Å². The Hall–Kier alpha value is -7.04. The summed E-state index contributed by atoms with van der Waals surface area (Å²) < 4.78 is 2.25. The van der Waals surface area contributed by atoms with Gasteiger partial charge < -0.3 is 4.90 Å². The Morgan fingerprint density at radius 1 is 0.442 bits per heavy atom. The van der Waals surface area contributed by atoms with Crippen LogP contribution in [0, 0.1) is 0 Å². The highest BCUT2D eigenvalue weighted by atomic mass is 16.1. The first kappa shape index (κ1) is 31.0. The maximum atomic E-state index is 12.9.